The molecule has 0 saturated carbocycles. The van der Waals surface area contributed by atoms with Crippen molar-refractivity contribution in [2.24, 2.45) is 0 Å². The Morgan fingerprint density at radius 3 is 2.78 bits per heavy atom. The SMILES string of the molecule is COc1ccc(Cl)cc1NC(=O)Cn1nc(SC)c(-c2nc(-c3ccccc3)no2)c1N. The van der Waals surface area contributed by atoms with Gasteiger partial charge in [-0.15, -0.1) is 11.8 Å². The summed E-state index contributed by atoms with van der Waals surface area (Å²) in [6, 6.07) is 14.4. The van der Waals surface area contributed by atoms with Gasteiger partial charge in [0.05, 0.1) is 12.8 Å². The van der Waals surface area contributed by atoms with E-state index in [-0.39, 0.29) is 24.2 Å². The molecule has 0 atom stereocenters. The number of hydrogen-bond donors (Lipinski definition) is 2. The molecular weight excluding hydrogens is 452 g/mol. The smallest absolute Gasteiger partial charge is 0.264 e. The largest absolute Gasteiger partial charge is 0.495 e. The lowest BCUT2D eigenvalue weighted by Crippen LogP contribution is -2.21. The summed E-state index contributed by atoms with van der Waals surface area (Å²) < 4.78 is 12.1. The summed E-state index contributed by atoms with van der Waals surface area (Å²) in [6.07, 6.45) is 1.85. The number of amides is 1. The summed E-state index contributed by atoms with van der Waals surface area (Å²) in [4.78, 5) is 17.1. The lowest BCUT2D eigenvalue weighted by Gasteiger charge is -2.11. The summed E-state index contributed by atoms with van der Waals surface area (Å²) in [7, 11) is 1.51. The number of ether oxygens (including phenoxy) is 1. The van der Waals surface area contributed by atoms with E-state index in [1.165, 1.54) is 23.6 Å². The van der Waals surface area contributed by atoms with Crippen molar-refractivity contribution in [3.05, 3.63) is 53.6 Å². The van der Waals surface area contributed by atoms with Gasteiger partial charge in [0.2, 0.25) is 11.7 Å². The number of aromatic nitrogens is 4. The quantitative estimate of drug-likeness (QED) is 0.385. The molecule has 2 aromatic carbocycles. The van der Waals surface area contributed by atoms with Gasteiger partial charge in [-0.1, -0.05) is 47.1 Å². The first-order valence-corrected chi connectivity index (χ1v) is 11.0. The predicted molar refractivity (Wildman–Crippen MR) is 124 cm³/mol. The maximum absolute atomic E-state index is 12.7. The first-order valence-electron chi connectivity index (χ1n) is 9.43. The van der Waals surface area contributed by atoms with Crippen LogP contribution in [0.1, 0.15) is 0 Å². The number of thioether (sulfide) groups is 1. The molecule has 4 aromatic rings. The zero-order valence-electron chi connectivity index (χ0n) is 17.2. The maximum atomic E-state index is 12.7. The number of rotatable bonds is 7. The van der Waals surface area contributed by atoms with E-state index in [0.29, 0.717) is 32.9 Å². The van der Waals surface area contributed by atoms with Crippen molar-refractivity contribution >= 4 is 40.8 Å². The Bertz CT molecular complexity index is 1260. The van der Waals surface area contributed by atoms with Crippen LogP contribution in [0.4, 0.5) is 11.5 Å². The Morgan fingerprint density at radius 1 is 1.28 bits per heavy atom. The Morgan fingerprint density at radius 2 is 2.06 bits per heavy atom. The number of carbonyl (C=O) groups excluding carboxylic acids is 1. The van der Waals surface area contributed by atoms with Crippen molar-refractivity contribution in [3.8, 4) is 28.6 Å². The molecule has 0 fully saturated rings. The molecule has 0 aliphatic rings. The molecule has 0 saturated heterocycles. The van der Waals surface area contributed by atoms with E-state index in [4.69, 9.17) is 26.6 Å². The molecule has 4 rings (SSSR count). The van der Waals surface area contributed by atoms with Crippen molar-refractivity contribution in [1.29, 1.82) is 0 Å². The van der Waals surface area contributed by atoms with E-state index < -0.39 is 0 Å². The van der Waals surface area contributed by atoms with Crippen LogP contribution in [0.5, 0.6) is 5.75 Å². The molecule has 2 heterocycles. The van der Waals surface area contributed by atoms with E-state index in [9.17, 15) is 4.79 Å². The molecule has 0 spiro atoms. The molecule has 0 aliphatic heterocycles. The molecule has 3 N–H and O–H groups in total. The fourth-order valence-corrected chi connectivity index (χ4v) is 3.80. The molecule has 0 aliphatic carbocycles. The third-order valence-corrected chi connectivity index (χ3v) is 5.46. The number of nitrogens with two attached hydrogens (primary N) is 1. The minimum atomic E-state index is -0.352. The van der Waals surface area contributed by atoms with E-state index in [0.717, 1.165) is 5.56 Å². The molecule has 0 radical (unpaired) electrons. The highest BCUT2D eigenvalue weighted by molar-refractivity contribution is 7.98. The summed E-state index contributed by atoms with van der Waals surface area (Å²) >= 11 is 7.39. The highest BCUT2D eigenvalue weighted by atomic mass is 35.5. The van der Waals surface area contributed by atoms with Crippen LogP contribution < -0.4 is 15.8 Å². The van der Waals surface area contributed by atoms with Crippen molar-refractivity contribution in [3.63, 3.8) is 0 Å². The van der Waals surface area contributed by atoms with Crippen LogP contribution in [0.2, 0.25) is 5.02 Å². The molecule has 9 nitrogen and oxygen atoms in total. The zero-order chi connectivity index (χ0) is 22.7. The number of nitrogen functional groups attached to an aromatic ring is 1. The average molecular weight is 471 g/mol. The summed E-state index contributed by atoms with van der Waals surface area (Å²) in [6.45, 7) is -0.130. The van der Waals surface area contributed by atoms with Gasteiger partial charge in [0.1, 0.15) is 28.7 Å². The third-order valence-electron chi connectivity index (χ3n) is 4.55. The molecule has 1 amide bonds. The summed E-state index contributed by atoms with van der Waals surface area (Å²) in [5.41, 5.74) is 8.06. The van der Waals surface area contributed by atoms with Crippen LogP contribution in [0.25, 0.3) is 22.8 Å². The topological polar surface area (TPSA) is 121 Å². The lowest BCUT2D eigenvalue weighted by atomic mass is 10.2. The van der Waals surface area contributed by atoms with Gasteiger partial charge in [-0.05, 0) is 24.5 Å². The number of anilines is 2. The monoisotopic (exact) mass is 470 g/mol. The number of carbonyl (C=O) groups is 1. The number of hydrogen-bond acceptors (Lipinski definition) is 8. The Hall–Kier alpha value is -3.50. The Labute approximate surface area is 192 Å². The van der Waals surface area contributed by atoms with Crippen molar-refractivity contribution in [1.82, 2.24) is 19.9 Å². The van der Waals surface area contributed by atoms with Crippen LogP contribution in [-0.2, 0) is 11.3 Å². The minimum Gasteiger partial charge on any atom is -0.495 e. The van der Waals surface area contributed by atoms with Gasteiger partial charge in [0, 0.05) is 10.6 Å². The van der Waals surface area contributed by atoms with Gasteiger partial charge >= 0.3 is 0 Å². The second-order valence-electron chi connectivity index (χ2n) is 6.61. The van der Waals surface area contributed by atoms with Crippen molar-refractivity contribution in [2.75, 3.05) is 24.4 Å². The molecule has 164 valence electrons. The third kappa shape index (κ3) is 4.41. The van der Waals surface area contributed by atoms with Crippen LogP contribution >= 0.6 is 23.4 Å². The molecule has 2 aromatic heterocycles. The van der Waals surface area contributed by atoms with E-state index in [2.05, 4.69) is 20.6 Å². The van der Waals surface area contributed by atoms with Gasteiger partial charge in [-0.3, -0.25) is 4.79 Å². The van der Waals surface area contributed by atoms with Crippen LogP contribution in [0.15, 0.2) is 58.1 Å². The molecule has 32 heavy (non-hydrogen) atoms. The summed E-state index contributed by atoms with van der Waals surface area (Å²) in [5, 5.41) is 12.3. The second-order valence-corrected chi connectivity index (χ2v) is 7.84. The number of benzene rings is 2. The first kappa shape index (κ1) is 21.7. The van der Waals surface area contributed by atoms with Gasteiger partial charge in [-0.25, -0.2) is 4.68 Å². The van der Waals surface area contributed by atoms with Crippen LogP contribution in [0.3, 0.4) is 0 Å². The van der Waals surface area contributed by atoms with E-state index in [1.807, 2.05) is 36.6 Å². The van der Waals surface area contributed by atoms with Crippen LogP contribution in [0, 0.1) is 0 Å². The molecular formula is C21H19ClN6O3S. The van der Waals surface area contributed by atoms with Gasteiger partial charge < -0.3 is 20.3 Å². The predicted octanol–water partition coefficient (Wildman–Crippen LogP) is 4.20. The number of nitrogens with one attached hydrogen (secondary N) is 1. The van der Waals surface area contributed by atoms with Gasteiger partial charge in [-0.2, -0.15) is 10.1 Å². The second kappa shape index (κ2) is 9.33. The minimum absolute atomic E-state index is 0.130. The highest BCUT2D eigenvalue weighted by Crippen LogP contribution is 2.35. The fourth-order valence-electron chi connectivity index (χ4n) is 3.05. The standard InChI is InChI=1S/C21H19ClN6O3S/c1-30-15-9-8-13(22)10-14(15)24-16(29)11-28-18(23)17(21(26-28)32-2)20-25-19(27-31-20)12-6-4-3-5-7-12/h3-10H,11,23H2,1-2H3,(H,24,29). The first-order chi connectivity index (χ1) is 15.5. The summed E-state index contributed by atoms with van der Waals surface area (Å²) in [5.74, 6) is 1.04. The van der Waals surface area contributed by atoms with E-state index in [1.54, 1.807) is 18.2 Å². The molecule has 0 unspecified atom stereocenters. The zero-order valence-corrected chi connectivity index (χ0v) is 18.8. The van der Waals surface area contributed by atoms with E-state index >= 15 is 0 Å². The fraction of sp³-hybridized carbons (Fsp3) is 0.143. The normalized spacial score (nSPS) is 10.8. The Balaban J connectivity index is 1.59. The molecule has 11 heteroatoms. The van der Waals surface area contributed by atoms with Gasteiger partial charge in [0.15, 0.2) is 0 Å². The average Bonchev–Trinajstić information content (AvgIpc) is 3.39. The Kier molecular flexibility index (Phi) is 6.33. The highest BCUT2D eigenvalue weighted by Gasteiger charge is 2.24. The number of halogens is 1. The molecule has 0 bridgehead atoms. The van der Waals surface area contributed by atoms with Gasteiger partial charge in [0.25, 0.3) is 5.89 Å². The number of nitrogens with zero attached hydrogens (tertiary/aromatic N) is 4. The number of methoxy groups -OCH3 is 1. The maximum Gasteiger partial charge on any atom is 0.264 e. The van der Waals surface area contributed by atoms with Crippen LogP contribution in [-0.4, -0.2) is 39.2 Å². The lowest BCUT2D eigenvalue weighted by molar-refractivity contribution is -0.116. The van der Waals surface area contributed by atoms with Crippen molar-refractivity contribution < 1.29 is 14.1 Å². The van der Waals surface area contributed by atoms with Crippen molar-refractivity contribution in [2.45, 2.75) is 11.6 Å².